The molecular formula is C11H14BrNO3. The second-order valence-electron chi connectivity index (χ2n) is 4.11. The number of hydrogen-bond acceptors (Lipinski definition) is 4. The van der Waals surface area contributed by atoms with Gasteiger partial charge in [-0.3, -0.25) is 4.84 Å². The maximum atomic E-state index is 5.53. The molecule has 0 atom stereocenters. The predicted molar refractivity (Wildman–Crippen MR) is 63.4 cm³/mol. The lowest BCUT2D eigenvalue weighted by Gasteiger charge is -2.26. The summed E-state index contributed by atoms with van der Waals surface area (Å²) in [5.41, 5.74) is 0.379. The van der Waals surface area contributed by atoms with Crippen LogP contribution in [0, 0.1) is 0 Å². The van der Waals surface area contributed by atoms with E-state index in [2.05, 4.69) is 15.9 Å². The topological polar surface area (TPSA) is 53.7 Å². The molecule has 2 rings (SSSR count). The fourth-order valence-electron chi connectivity index (χ4n) is 1.53. The molecule has 5 heteroatoms. The summed E-state index contributed by atoms with van der Waals surface area (Å²) in [7, 11) is 0. The summed E-state index contributed by atoms with van der Waals surface area (Å²) >= 11 is 3.45. The molecule has 4 nitrogen and oxygen atoms in total. The monoisotopic (exact) mass is 287 g/mol. The van der Waals surface area contributed by atoms with Crippen molar-refractivity contribution in [3.8, 4) is 11.5 Å². The highest BCUT2D eigenvalue weighted by atomic mass is 79.9. The molecule has 1 heterocycles. The highest BCUT2D eigenvalue weighted by Crippen LogP contribution is 2.41. The summed E-state index contributed by atoms with van der Waals surface area (Å²) in [6.45, 7) is 4.92. The maximum Gasteiger partial charge on any atom is 0.175 e. The first-order valence-corrected chi connectivity index (χ1v) is 5.81. The van der Waals surface area contributed by atoms with E-state index in [4.69, 9.17) is 20.2 Å². The molecule has 0 saturated heterocycles. The van der Waals surface area contributed by atoms with Crippen LogP contribution in [0.3, 0.4) is 0 Å². The van der Waals surface area contributed by atoms with Gasteiger partial charge in [0.15, 0.2) is 11.5 Å². The van der Waals surface area contributed by atoms with Crippen LogP contribution in [0.5, 0.6) is 11.5 Å². The zero-order valence-electron chi connectivity index (χ0n) is 9.25. The quantitative estimate of drug-likeness (QED) is 0.849. The van der Waals surface area contributed by atoms with E-state index >= 15 is 0 Å². The van der Waals surface area contributed by atoms with Crippen LogP contribution in [0.15, 0.2) is 16.6 Å². The van der Waals surface area contributed by atoms with E-state index in [1.807, 2.05) is 26.0 Å². The van der Waals surface area contributed by atoms with Gasteiger partial charge in [-0.2, -0.15) is 0 Å². The van der Waals surface area contributed by atoms with Gasteiger partial charge in [-0.25, -0.2) is 5.90 Å². The number of nitrogens with two attached hydrogens (primary N) is 1. The molecular weight excluding hydrogens is 274 g/mol. The Hall–Kier alpha value is -0.780. The van der Waals surface area contributed by atoms with E-state index < -0.39 is 5.60 Å². The van der Waals surface area contributed by atoms with Crippen LogP contribution in [0.1, 0.15) is 19.4 Å². The van der Waals surface area contributed by atoms with Crippen molar-refractivity contribution >= 4 is 15.9 Å². The first kappa shape index (κ1) is 11.7. The van der Waals surface area contributed by atoms with Crippen LogP contribution in [0.25, 0.3) is 0 Å². The molecule has 0 saturated carbocycles. The van der Waals surface area contributed by atoms with Crippen molar-refractivity contribution in [1.29, 1.82) is 0 Å². The lowest BCUT2D eigenvalue weighted by Crippen LogP contribution is -2.26. The zero-order chi connectivity index (χ0) is 11.8. The van der Waals surface area contributed by atoms with Crippen LogP contribution < -0.4 is 15.4 Å². The van der Waals surface area contributed by atoms with E-state index in [0.29, 0.717) is 13.2 Å². The van der Waals surface area contributed by atoms with Crippen molar-refractivity contribution in [2.24, 2.45) is 5.90 Å². The van der Waals surface area contributed by atoms with Crippen molar-refractivity contribution in [2.45, 2.75) is 19.4 Å². The van der Waals surface area contributed by atoms with Crippen molar-refractivity contribution in [3.05, 3.63) is 22.2 Å². The normalized spacial score (nSPS) is 15.0. The van der Waals surface area contributed by atoms with E-state index in [1.165, 1.54) is 0 Å². The maximum absolute atomic E-state index is 5.53. The van der Waals surface area contributed by atoms with Crippen LogP contribution in [0.2, 0.25) is 0 Å². The van der Waals surface area contributed by atoms with E-state index in [-0.39, 0.29) is 0 Å². The van der Waals surface area contributed by atoms with E-state index in [1.54, 1.807) is 0 Å². The molecule has 1 aliphatic rings. The third-order valence-electron chi connectivity index (χ3n) is 2.59. The molecule has 0 spiro atoms. The number of ether oxygens (including phenoxy) is 2. The molecule has 1 aromatic rings. The van der Waals surface area contributed by atoms with Gasteiger partial charge in [0.2, 0.25) is 0 Å². The summed E-state index contributed by atoms with van der Waals surface area (Å²) in [6, 6.07) is 3.83. The van der Waals surface area contributed by atoms with Gasteiger partial charge >= 0.3 is 0 Å². The van der Waals surface area contributed by atoms with Crippen molar-refractivity contribution in [1.82, 2.24) is 0 Å². The molecule has 2 N–H and O–H groups in total. The number of halogens is 1. The largest absolute Gasteiger partial charge is 0.486 e. The van der Waals surface area contributed by atoms with Gasteiger partial charge in [0.25, 0.3) is 0 Å². The summed E-state index contributed by atoms with van der Waals surface area (Å²) < 4.78 is 11.9. The number of fused-ring (bicyclic) bond motifs is 1. The van der Waals surface area contributed by atoms with Crippen LogP contribution in [-0.2, 0) is 10.4 Å². The molecule has 0 aliphatic carbocycles. The van der Waals surface area contributed by atoms with Crippen molar-refractivity contribution in [3.63, 3.8) is 0 Å². The minimum Gasteiger partial charge on any atom is -0.486 e. The lowest BCUT2D eigenvalue weighted by atomic mass is 9.98. The Kier molecular flexibility index (Phi) is 3.10. The van der Waals surface area contributed by atoms with Crippen molar-refractivity contribution < 1.29 is 14.3 Å². The Morgan fingerprint density at radius 1 is 1.31 bits per heavy atom. The van der Waals surface area contributed by atoms with Gasteiger partial charge in [0, 0.05) is 0 Å². The van der Waals surface area contributed by atoms with Crippen LogP contribution >= 0.6 is 15.9 Å². The molecule has 0 aromatic heterocycles. The third kappa shape index (κ3) is 2.03. The highest BCUT2D eigenvalue weighted by molar-refractivity contribution is 9.10. The highest BCUT2D eigenvalue weighted by Gasteiger charge is 2.25. The fraction of sp³-hybridized carbons (Fsp3) is 0.455. The smallest absolute Gasteiger partial charge is 0.175 e. The number of rotatable bonds is 2. The average Bonchev–Trinajstić information content (AvgIpc) is 2.29. The van der Waals surface area contributed by atoms with Gasteiger partial charge in [-0.1, -0.05) is 0 Å². The minimum atomic E-state index is -0.557. The molecule has 0 bridgehead atoms. The molecule has 0 fully saturated rings. The van der Waals surface area contributed by atoms with Crippen LogP contribution in [-0.4, -0.2) is 13.2 Å². The zero-order valence-corrected chi connectivity index (χ0v) is 10.8. The Morgan fingerprint density at radius 2 is 2.00 bits per heavy atom. The summed E-state index contributed by atoms with van der Waals surface area (Å²) in [4.78, 5) is 4.95. The van der Waals surface area contributed by atoms with Gasteiger partial charge in [0.05, 0.1) is 4.47 Å². The Bertz CT molecular complexity index is 406. The van der Waals surface area contributed by atoms with Gasteiger partial charge < -0.3 is 9.47 Å². The van der Waals surface area contributed by atoms with Gasteiger partial charge in [-0.05, 0) is 47.5 Å². The Labute approximate surface area is 103 Å². The van der Waals surface area contributed by atoms with E-state index in [0.717, 1.165) is 21.5 Å². The van der Waals surface area contributed by atoms with Gasteiger partial charge in [0.1, 0.15) is 18.8 Å². The molecule has 16 heavy (non-hydrogen) atoms. The van der Waals surface area contributed by atoms with Gasteiger partial charge in [-0.15, -0.1) is 0 Å². The van der Waals surface area contributed by atoms with Crippen molar-refractivity contribution in [2.75, 3.05) is 13.2 Å². The summed E-state index contributed by atoms with van der Waals surface area (Å²) in [5.74, 6) is 6.74. The predicted octanol–water partition coefficient (Wildman–Crippen LogP) is 2.35. The molecule has 0 amide bonds. The molecule has 1 aliphatic heterocycles. The lowest BCUT2D eigenvalue weighted by molar-refractivity contribution is -0.0239. The molecule has 0 radical (unpaired) electrons. The average molecular weight is 288 g/mol. The molecule has 0 unspecified atom stereocenters. The fourth-order valence-corrected chi connectivity index (χ4v) is 2.08. The standard InChI is InChI=1S/C11H14BrNO3/c1-11(2,16-13)7-5-8(12)10-9(6-7)14-3-4-15-10/h5-6H,3-4,13H2,1-2H3. The SMILES string of the molecule is CC(C)(ON)c1cc(Br)c2c(c1)OCCO2. The Balaban J connectivity index is 2.47. The Morgan fingerprint density at radius 3 is 2.69 bits per heavy atom. The minimum absolute atomic E-state index is 0.557. The summed E-state index contributed by atoms with van der Waals surface area (Å²) in [5, 5.41) is 0. The first-order valence-electron chi connectivity index (χ1n) is 5.02. The third-order valence-corrected chi connectivity index (χ3v) is 3.18. The van der Waals surface area contributed by atoms with Crippen LogP contribution in [0.4, 0.5) is 0 Å². The van der Waals surface area contributed by atoms with E-state index in [9.17, 15) is 0 Å². The number of hydrogen-bond donors (Lipinski definition) is 1. The first-order chi connectivity index (χ1) is 7.54. The molecule has 1 aromatic carbocycles. The molecule has 88 valence electrons. The number of benzene rings is 1. The second kappa shape index (κ2) is 4.24. The summed E-state index contributed by atoms with van der Waals surface area (Å²) in [6.07, 6.45) is 0. The second-order valence-corrected chi connectivity index (χ2v) is 4.96.